The average molecular weight is 201 g/mol. The van der Waals surface area contributed by atoms with E-state index in [0.29, 0.717) is 17.9 Å². The van der Waals surface area contributed by atoms with Crippen LogP contribution >= 0.6 is 0 Å². The summed E-state index contributed by atoms with van der Waals surface area (Å²) in [6.45, 7) is 2.17. The molecule has 0 aliphatic heterocycles. The van der Waals surface area contributed by atoms with E-state index >= 15 is 0 Å². The summed E-state index contributed by atoms with van der Waals surface area (Å²) in [5.41, 5.74) is 6.62. The Bertz CT molecular complexity index is 271. The molecule has 72 valence electrons. The number of carbonyl (C=O) groups is 1. The summed E-state index contributed by atoms with van der Waals surface area (Å²) in [7, 11) is 0. The van der Waals surface area contributed by atoms with Crippen LogP contribution in [-0.2, 0) is 4.74 Å². The van der Waals surface area contributed by atoms with Crippen molar-refractivity contribution in [3.8, 4) is 0 Å². The van der Waals surface area contributed by atoms with Gasteiger partial charge in [-0.3, -0.25) is 0 Å². The molecule has 0 radical (unpaired) electrons. The second-order valence-corrected chi connectivity index (χ2v) is 2.34. The van der Waals surface area contributed by atoms with E-state index in [-0.39, 0.29) is 18.4 Å². The van der Waals surface area contributed by atoms with Gasteiger partial charge in [-0.2, -0.15) is 0 Å². The van der Waals surface area contributed by atoms with Crippen molar-refractivity contribution in [3.05, 3.63) is 29.8 Å². The highest BCUT2D eigenvalue weighted by Crippen LogP contribution is 2.06. The fourth-order valence-corrected chi connectivity index (χ4v) is 0.834. The first-order chi connectivity index (χ1) is 5.74. The number of hydrogen-bond donors (Lipinski definition) is 1. The molecular formula is C9H11ClNO2-. The van der Waals surface area contributed by atoms with Crippen molar-refractivity contribution in [1.82, 2.24) is 0 Å². The van der Waals surface area contributed by atoms with Gasteiger partial charge in [-0.1, -0.05) is 0 Å². The molecule has 0 fully saturated rings. The number of hydrogen-bond acceptors (Lipinski definition) is 3. The third kappa shape index (κ3) is 3.34. The summed E-state index contributed by atoms with van der Waals surface area (Å²) in [6, 6.07) is 6.64. The number of anilines is 1. The molecule has 13 heavy (non-hydrogen) atoms. The van der Waals surface area contributed by atoms with Gasteiger partial charge < -0.3 is 22.9 Å². The second kappa shape index (κ2) is 5.43. The van der Waals surface area contributed by atoms with Crippen molar-refractivity contribution < 1.29 is 21.9 Å². The molecular weight excluding hydrogens is 190 g/mol. The third-order valence-electron chi connectivity index (χ3n) is 1.42. The molecule has 0 spiro atoms. The van der Waals surface area contributed by atoms with Crippen molar-refractivity contribution in [2.75, 3.05) is 12.3 Å². The topological polar surface area (TPSA) is 52.3 Å². The van der Waals surface area contributed by atoms with Gasteiger partial charge in [0.2, 0.25) is 0 Å². The van der Waals surface area contributed by atoms with Crippen LogP contribution < -0.4 is 18.1 Å². The summed E-state index contributed by atoms with van der Waals surface area (Å²) < 4.78 is 4.79. The Balaban J connectivity index is 0.00000144. The minimum absolute atomic E-state index is 0. The SMILES string of the molecule is CCOC(=O)c1ccc(N)cc1.[Cl-]. The highest BCUT2D eigenvalue weighted by Gasteiger charge is 2.03. The number of esters is 1. The molecule has 2 N–H and O–H groups in total. The second-order valence-electron chi connectivity index (χ2n) is 2.34. The van der Waals surface area contributed by atoms with E-state index in [1.165, 1.54) is 0 Å². The van der Waals surface area contributed by atoms with E-state index in [0.717, 1.165) is 0 Å². The van der Waals surface area contributed by atoms with Gasteiger partial charge in [0.25, 0.3) is 0 Å². The normalized spacial score (nSPS) is 8.69. The van der Waals surface area contributed by atoms with Crippen LogP contribution in [0.25, 0.3) is 0 Å². The predicted molar refractivity (Wildman–Crippen MR) is 46.8 cm³/mol. The molecule has 0 aliphatic carbocycles. The first-order valence-corrected chi connectivity index (χ1v) is 3.76. The monoisotopic (exact) mass is 200 g/mol. The highest BCUT2D eigenvalue weighted by atomic mass is 35.5. The zero-order valence-electron chi connectivity index (χ0n) is 7.29. The van der Waals surface area contributed by atoms with Crippen molar-refractivity contribution >= 4 is 11.7 Å². The number of nitrogens with two attached hydrogens (primary N) is 1. The standard InChI is InChI=1S/C9H11NO2.ClH/c1-2-12-9(11)7-3-5-8(10)6-4-7;/h3-6H,2,10H2,1H3;1H/p-1. The van der Waals surface area contributed by atoms with Gasteiger partial charge in [0.15, 0.2) is 0 Å². The van der Waals surface area contributed by atoms with Crippen LogP contribution in [0.4, 0.5) is 5.69 Å². The molecule has 0 saturated heterocycles. The number of benzene rings is 1. The Morgan fingerprint density at radius 2 is 1.92 bits per heavy atom. The zero-order valence-corrected chi connectivity index (χ0v) is 8.04. The smallest absolute Gasteiger partial charge is 0.338 e. The fraction of sp³-hybridized carbons (Fsp3) is 0.222. The van der Waals surface area contributed by atoms with Gasteiger partial charge in [0, 0.05) is 5.69 Å². The summed E-state index contributed by atoms with van der Waals surface area (Å²) >= 11 is 0. The molecule has 0 saturated carbocycles. The third-order valence-corrected chi connectivity index (χ3v) is 1.42. The Morgan fingerprint density at radius 3 is 2.38 bits per heavy atom. The van der Waals surface area contributed by atoms with Crippen LogP contribution in [0.15, 0.2) is 24.3 Å². The fourth-order valence-electron chi connectivity index (χ4n) is 0.834. The maximum atomic E-state index is 11.1. The first-order valence-electron chi connectivity index (χ1n) is 3.76. The van der Waals surface area contributed by atoms with E-state index in [1.54, 1.807) is 31.2 Å². The summed E-state index contributed by atoms with van der Waals surface area (Å²) in [4.78, 5) is 11.1. The van der Waals surface area contributed by atoms with Crippen LogP contribution in [0.3, 0.4) is 0 Å². The van der Waals surface area contributed by atoms with E-state index in [4.69, 9.17) is 10.5 Å². The van der Waals surface area contributed by atoms with E-state index < -0.39 is 0 Å². The molecule has 1 rings (SSSR count). The highest BCUT2D eigenvalue weighted by molar-refractivity contribution is 5.89. The quantitative estimate of drug-likeness (QED) is 0.465. The number of rotatable bonds is 2. The molecule has 0 atom stereocenters. The Labute approximate surface area is 83.3 Å². The molecule has 0 aromatic heterocycles. The van der Waals surface area contributed by atoms with Gasteiger partial charge in [-0.15, -0.1) is 0 Å². The number of halogens is 1. The van der Waals surface area contributed by atoms with Crippen LogP contribution in [0.2, 0.25) is 0 Å². The lowest BCUT2D eigenvalue weighted by Gasteiger charge is -2.00. The van der Waals surface area contributed by atoms with Gasteiger partial charge in [0.05, 0.1) is 12.2 Å². The largest absolute Gasteiger partial charge is 1.00 e. The lowest BCUT2D eigenvalue weighted by atomic mass is 10.2. The number of carbonyl (C=O) groups excluding carboxylic acids is 1. The average Bonchev–Trinajstić information content (AvgIpc) is 2.06. The lowest BCUT2D eigenvalue weighted by Crippen LogP contribution is -3.00. The van der Waals surface area contributed by atoms with Crippen LogP contribution in [0.1, 0.15) is 17.3 Å². The predicted octanol–water partition coefficient (Wildman–Crippen LogP) is -1.55. The Morgan fingerprint density at radius 1 is 1.38 bits per heavy atom. The van der Waals surface area contributed by atoms with Gasteiger partial charge in [0.1, 0.15) is 0 Å². The minimum Gasteiger partial charge on any atom is -1.00 e. The maximum Gasteiger partial charge on any atom is 0.338 e. The van der Waals surface area contributed by atoms with E-state index in [1.807, 2.05) is 0 Å². The van der Waals surface area contributed by atoms with Crippen LogP contribution in [-0.4, -0.2) is 12.6 Å². The molecule has 0 aliphatic rings. The molecule has 0 unspecified atom stereocenters. The minimum atomic E-state index is -0.308. The first kappa shape index (κ1) is 11.8. The number of nitrogen functional groups attached to an aromatic ring is 1. The van der Waals surface area contributed by atoms with Crippen LogP contribution in [0, 0.1) is 0 Å². The van der Waals surface area contributed by atoms with Gasteiger partial charge >= 0.3 is 5.97 Å². The van der Waals surface area contributed by atoms with Crippen molar-refractivity contribution in [2.45, 2.75) is 6.92 Å². The van der Waals surface area contributed by atoms with Crippen molar-refractivity contribution in [3.63, 3.8) is 0 Å². The number of ether oxygens (including phenoxy) is 1. The molecule has 0 amide bonds. The summed E-state index contributed by atoms with van der Waals surface area (Å²) in [5.74, 6) is -0.308. The molecule has 0 heterocycles. The van der Waals surface area contributed by atoms with Crippen molar-refractivity contribution in [1.29, 1.82) is 0 Å². The van der Waals surface area contributed by atoms with Gasteiger partial charge in [-0.25, -0.2) is 4.79 Å². The van der Waals surface area contributed by atoms with Crippen LogP contribution in [0.5, 0.6) is 0 Å². The van der Waals surface area contributed by atoms with E-state index in [9.17, 15) is 4.79 Å². The summed E-state index contributed by atoms with van der Waals surface area (Å²) in [6.07, 6.45) is 0. The van der Waals surface area contributed by atoms with E-state index in [2.05, 4.69) is 0 Å². The molecule has 1 aromatic rings. The molecule has 3 nitrogen and oxygen atoms in total. The molecule has 1 aromatic carbocycles. The maximum absolute atomic E-state index is 11.1. The Hall–Kier alpha value is -1.22. The summed E-state index contributed by atoms with van der Waals surface area (Å²) in [5, 5.41) is 0. The van der Waals surface area contributed by atoms with Crippen molar-refractivity contribution in [2.24, 2.45) is 0 Å². The molecule has 4 heteroatoms. The van der Waals surface area contributed by atoms with Gasteiger partial charge in [-0.05, 0) is 31.2 Å². The zero-order chi connectivity index (χ0) is 8.97. The lowest BCUT2D eigenvalue weighted by molar-refractivity contribution is -0.0000206. The molecule has 0 bridgehead atoms. The Kier molecular flexibility index (Phi) is 4.92.